The number of alkyl halides is 3. The number of nitrogens with zero attached hydrogens (tertiary/aromatic N) is 2. The fraction of sp³-hybridized carbons (Fsp3) is 0.538. The Morgan fingerprint density at radius 3 is 2.76 bits per heavy atom. The van der Waals surface area contributed by atoms with Gasteiger partial charge in [0.1, 0.15) is 5.82 Å². The first kappa shape index (κ1) is 15.6. The van der Waals surface area contributed by atoms with Crippen LogP contribution in [0.3, 0.4) is 0 Å². The molecule has 1 aliphatic heterocycles. The maximum atomic E-state index is 12.6. The molecule has 0 aliphatic carbocycles. The van der Waals surface area contributed by atoms with E-state index in [0.29, 0.717) is 18.8 Å². The van der Waals surface area contributed by atoms with Crippen LogP contribution in [0.4, 0.5) is 19.0 Å². The van der Waals surface area contributed by atoms with Gasteiger partial charge >= 0.3 is 12.1 Å². The van der Waals surface area contributed by atoms with E-state index in [2.05, 4.69) is 4.98 Å². The Morgan fingerprint density at radius 2 is 2.14 bits per heavy atom. The molecule has 2 heterocycles. The Kier molecular flexibility index (Phi) is 4.36. The number of rotatable bonds is 3. The lowest BCUT2D eigenvalue weighted by Gasteiger charge is -2.36. The zero-order chi connectivity index (χ0) is 15.6. The van der Waals surface area contributed by atoms with E-state index in [-0.39, 0.29) is 18.7 Å². The van der Waals surface area contributed by atoms with E-state index < -0.39 is 24.2 Å². The maximum Gasteiger partial charge on any atom is 0.414 e. The molecule has 0 radical (unpaired) electrons. The van der Waals surface area contributed by atoms with Crippen molar-refractivity contribution < 1.29 is 28.2 Å². The number of halogens is 3. The molecule has 2 unspecified atom stereocenters. The number of aliphatic hydroxyl groups is 1. The molecule has 2 atom stereocenters. The highest BCUT2D eigenvalue weighted by molar-refractivity contribution is 5.85. The first-order chi connectivity index (χ1) is 9.79. The summed E-state index contributed by atoms with van der Waals surface area (Å²) < 4.78 is 37.7. The van der Waals surface area contributed by atoms with Gasteiger partial charge in [-0.25, -0.2) is 9.78 Å². The van der Waals surface area contributed by atoms with E-state index in [1.807, 2.05) is 0 Å². The Morgan fingerprint density at radius 1 is 1.43 bits per heavy atom. The Bertz CT molecular complexity index is 522. The number of aromatic carboxylic acids is 1. The van der Waals surface area contributed by atoms with Crippen molar-refractivity contribution in [3.05, 3.63) is 23.9 Å². The smallest absolute Gasteiger partial charge is 0.414 e. The first-order valence-electron chi connectivity index (χ1n) is 6.49. The van der Waals surface area contributed by atoms with E-state index in [9.17, 15) is 23.1 Å². The predicted molar refractivity (Wildman–Crippen MR) is 68.2 cm³/mol. The van der Waals surface area contributed by atoms with Crippen molar-refractivity contribution in [1.82, 2.24) is 4.98 Å². The first-order valence-corrected chi connectivity index (χ1v) is 6.49. The molecule has 0 spiro atoms. The van der Waals surface area contributed by atoms with E-state index in [1.54, 1.807) is 11.0 Å². The van der Waals surface area contributed by atoms with Crippen LogP contribution < -0.4 is 4.90 Å². The summed E-state index contributed by atoms with van der Waals surface area (Å²) in [6, 6.07) is 4.36. The average molecular weight is 304 g/mol. The molecule has 0 saturated carbocycles. The van der Waals surface area contributed by atoms with Crippen LogP contribution >= 0.6 is 0 Å². The van der Waals surface area contributed by atoms with E-state index in [1.165, 1.54) is 12.1 Å². The lowest BCUT2D eigenvalue weighted by molar-refractivity contribution is -0.219. The van der Waals surface area contributed by atoms with Crippen molar-refractivity contribution >= 4 is 11.8 Å². The van der Waals surface area contributed by atoms with Crippen molar-refractivity contribution in [1.29, 1.82) is 0 Å². The molecule has 0 amide bonds. The van der Waals surface area contributed by atoms with Gasteiger partial charge in [0.05, 0.1) is 0 Å². The van der Waals surface area contributed by atoms with Crippen molar-refractivity contribution in [2.45, 2.75) is 25.1 Å². The molecule has 0 aromatic carbocycles. The molecule has 5 nitrogen and oxygen atoms in total. The molecule has 2 N–H and O–H groups in total. The number of carbonyl (C=O) groups is 1. The van der Waals surface area contributed by atoms with Crippen LogP contribution in [-0.2, 0) is 0 Å². The zero-order valence-electron chi connectivity index (χ0n) is 11.0. The van der Waals surface area contributed by atoms with E-state index >= 15 is 0 Å². The summed E-state index contributed by atoms with van der Waals surface area (Å²) in [6.07, 6.45) is -6.26. The van der Waals surface area contributed by atoms with Gasteiger partial charge in [0.25, 0.3) is 0 Å². The molecule has 1 aromatic rings. The van der Waals surface area contributed by atoms with Crippen LogP contribution in [0.2, 0.25) is 0 Å². The third-order valence-electron chi connectivity index (χ3n) is 3.52. The highest BCUT2D eigenvalue weighted by Gasteiger charge is 2.44. The molecule has 0 bridgehead atoms. The SMILES string of the molecule is O=C(O)c1cccc(N2CCCC(C(O)C(F)(F)F)C2)n1. The van der Waals surface area contributed by atoms with Gasteiger partial charge < -0.3 is 15.1 Å². The van der Waals surface area contributed by atoms with Crippen molar-refractivity contribution in [2.75, 3.05) is 18.0 Å². The topological polar surface area (TPSA) is 73.7 Å². The van der Waals surface area contributed by atoms with Crippen LogP contribution in [0.5, 0.6) is 0 Å². The van der Waals surface area contributed by atoms with Gasteiger partial charge in [-0.05, 0) is 25.0 Å². The molecular formula is C13H15F3N2O3. The summed E-state index contributed by atoms with van der Waals surface area (Å²) in [5.74, 6) is -1.82. The summed E-state index contributed by atoms with van der Waals surface area (Å²) in [6.45, 7) is 0.480. The van der Waals surface area contributed by atoms with Gasteiger partial charge in [-0.3, -0.25) is 0 Å². The second-order valence-corrected chi connectivity index (χ2v) is 5.02. The summed E-state index contributed by atoms with van der Waals surface area (Å²) in [5.41, 5.74) is -0.161. The number of pyridine rings is 1. The monoisotopic (exact) mass is 304 g/mol. The van der Waals surface area contributed by atoms with Crippen LogP contribution in [-0.4, -0.2) is 46.5 Å². The molecule has 1 aromatic heterocycles. The highest BCUT2D eigenvalue weighted by atomic mass is 19.4. The van der Waals surface area contributed by atoms with Crippen LogP contribution in [0.25, 0.3) is 0 Å². The third-order valence-corrected chi connectivity index (χ3v) is 3.52. The Labute approximate surface area is 119 Å². The van der Waals surface area contributed by atoms with Gasteiger partial charge in [0.15, 0.2) is 11.8 Å². The predicted octanol–water partition coefficient (Wildman–Crippen LogP) is 1.92. The minimum atomic E-state index is -4.65. The second-order valence-electron chi connectivity index (χ2n) is 5.02. The van der Waals surface area contributed by atoms with Gasteiger partial charge in [-0.15, -0.1) is 0 Å². The number of hydrogen-bond donors (Lipinski definition) is 2. The zero-order valence-corrected chi connectivity index (χ0v) is 11.0. The van der Waals surface area contributed by atoms with Gasteiger partial charge in [0, 0.05) is 19.0 Å². The Balaban J connectivity index is 2.14. The number of aromatic nitrogens is 1. The quantitative estimate of drug-likeness (QED) is 0.892. The number of carboxylic acid groups (broad SMARTS) is 1. The number of carboxylic acids is 1. The molecular weight excluding hydrogens is 289 g/mol. The van der Waals surface area contributed by atoms with Gasteiger partial charge in [-0.1, -0.05) is 6.07 Å². The number of anilines is 1. The van der Waals surface area contributed by atoms with Gasteiger partial charge in [-0.2, -0.15) is 13.2 Å². The lowest BCUT2D eigenvalue weighted by Crippen LogP contribution is -2.46. The second kappa shape index (κ2) is 5.88. The molecule has 8 heteroatoms. The largest absolute Gasteiger partial charge is 0.477 e. The number of piperidine rings is 1. The molecule has 116 valence electrons. The van der Waals surface area contributed by atoms with Crippen LogP contribution in [0, 0.1) is 5.92 Å². The molecule has 2 rings (SSSR count). The minimum absolute atomic E-state index is 0.00323. The molecule has 1 aliphatic rings. The molecule has 21 heavy (non-hydrogen) atoms. The van der Waals surface area contributed by atoms with Crippen molar-refractivity contribution in [2.24, 2.45) is 5.92 Å². The number of aliphatic hydroxyl groups excluding tert-OH is 1. The van der Waals surface area contributed by atoms with E-state index in [0.717, 1.165) is 0 Å². The molecule has 1 fully saturated rings. The fourth-order valence-corrected chi connectivity index (χ4v) is 2.46. The number of hydrogen-bond acceptors (Lipinski definition) is 4. The summed E-state index contributed by atoms with van der Waals surface area (Å²) in [7, 11) is 0. The summed E-state index contributed by atoms with van der Waals surface area (Å²) >= 11 is 0. The van der Waals surface area contributed by atoms with Gasteiger partial charge in [0.2, 0.25) is 0 Å². The van der Waals surface area contributed by atoms with Crippen LogP contribution in [0.15, 0.2) is 18.2 Å². The van der Waals surface area contributed by atoms with E-state index in [4.69, 9.17) is 5.11 Å². The Hall–Kier alpha value is -1.83. The third kappa shape index (κ3) is 3.63. The normalized spacial score (nSPS) is 21.1. The van der Waals surface area contributed by atoms with Crippen molar-refractivity contribution in [3.63, 3.8) is 0 Å². The molecule has 1 saturated heterocycles. The van der Waals surface area contributed by atoms with Crippen molar-refractivity contribution in [3.8, 4) is 0 Å². The highest BCUT2D eigenvalue weighted by Crippen LogP contribution is 2.32. The maximum absolute atomic E-state index is 12.6. The average Bonchev–Trinajstić information content (AvgIpc) is 2.45. The summed E-state index contributed by atoms with van der Waals surface area (Å²) in [4.78, 5) is 16.4. The lowest BCUT2D eigenvalue weighted by atomic mass is 9.92. The standard InChI is InChI=1S/C13H15F3N2O3/c14-13(15,16)11(19)8-3-2-6-18(7-8)10-5-1-4-9(17-10)12(20)21/h1,4-5,8,11,19H,2-3,6-7H2,(H,20,21). The minimum Gasteiger partial charge on any atom is -0.477 e. The summed E-state index contributed by atoms with van der Waals surface area (Å²) in [5, 5.41) is 18.2. The van der Waals surface area contributed by atoms with Crippen LogP contribution in [0.1, 0.15) is 23.3 Å². The fourth-order valence-electron chi connectivity index (χ4n) is 2.46.